The molecule has 1 aliphatic heterocycles. The highest BCUT2D eigenvalue weighted by Crippen LogP contribution is 2.36. The lowest BCUT2D eigenvalue weighted by Crippen LogP contribution is -2.57. The van der Waals surface area contributed by atoms with Crippen molar-refractivity contribution in [2.24, 2.45) is 0 Å². The molecule has 0 spiro atoms. The van der Waals surface area contributed by atoms with Gasteiger partial charge >= 0.3 is 6.09 Å². The van der Waals surface area contributed by atoms with Crippen molar-refractivity contribution in [1.82, 2.24) is 5.32 Å². The fraction of sp³-hybridized carbons (Fsp3) is 0.917. The Kier molecular flexibility index (Phi) is 4.73. The molecule has 0 atom stereocenters. The number of halogens is 2. The van der Waals surface area contributed by atoms with Crippen LogP contribution >= 0.6 is 0 Å². The third kappa shape index (κ3) is 4.58. The summed E-state index contributed by atoms with van der Waals surface area (Å²) in [5, 5.41) is 11.9. The van der Waals surface area contributed by atoms with Crippen molar-refractivity contribution >= 4 is 6.09 Å². The molecule has 0 bridgehead atoms. The van der Waals surface area contributed by atoms with Crippen LogP contribution in [-0.2, 0) is 9.47 Å². The lowest BCUT2D eigenvalue weighted by molar-refractivity contribution is -0.209. The third-order valence-corrected chi connectivity index (χ3v) is 2.85. The Morgan fingerprint density at radius 1 is 1.37 bits per heavy atom. The molecule has 1 fully saturated rings. The van der Waals surface area contributed by atoms with Crippen molar-refractivity contribution in [3.05, 3.63) is 0 Å². The second kappa shape index (κ2) is 5.58. The molecule has 0 aromatic heterocycles. The number of nitrogens with one attached hydrogen (secondary N) is 1. The first kappa shape index (κ1) is 16.1. The molecule has 1 heterocycles. The molecule has 19 heavy (non-hydrogen) atoms. The number of hydrogen-bond donors (Lipinski definition) is 2. The van der Waals surface area contributed by atoms with Gasteiger partial charge in [-0.2, -0.15) is 0 Å². The van der Waals surface area contributed by atoms with Crippen molar-refractivity contribution in [2.45, 2.75) is 50.7 Å². The van der Waals surface area contributed by atoms with E-state index in [1.165, 1.54) is 0 Å². The third-order valence-electron chi connectivity index (χ3n) is 2.85. The summed E-state index contributed by atoms with van der Waals surface area (Å²) in [7, 11) is 0. The Hall–Kier alpha value is -0.950. The van der Waals surface area contributed by atoms with Crippen LogP contribution in [-0.4, -0.2) is 48.1 Å². The van der Waals surface area contributed by atoms with Crippen molar-refractivity contribution < 1.29 is 28.2 Å². The molecule has 2 N–H and O–H groups in total. The number of ether oxygens (including phenoxy) is 2. The number of carbonyl (C=O) groups excluding carboxylic acids is 1. The molecule has 7 heteroatoms. The van der Waals surface area contributed by atoms with Crippen LogP contribution in [0.1, 0.15) is 33.6 Å². The topological polar surface area (TPSA) is 67.8 Å². The zero-order chi connectivity index (χ0) is 14.7. The molecule has 1 rings (SSSR count). The van der Waals surface area contributed by atoms with Gasteiger partial charge in [-0.25, -0.2) is 13.6 Å². The lowest BCUT2D eigenvalue weighted by Gasteiger charge is -2.38. The molecule has 0 aromatic rings. The van der Waals surface area contributed by atoms with Crippen molar-refractivity contribution in [1.29, 1.82) is 0 Å². The van der Waals surface area contributed by atoms with E-state index in [1.54, 1.807) is 20.8 Å². The first-order chi connectivity index (χ1) is 8.56. The van der Waals surface area contributed by atoms with E-state index in [9.17, 15) is 18.7 Å². The average Bonchev–Trinajstić information content (AvgIpc) is 2.25. The molecule has 112 valence electrons. The molecule has 1 aliphatic rings. The highest BCUT2D eigenvalue weighted by molar-refractivity contribution is 5.67. The van der Waals surface area contributed by atoms with Gasteiger partial charge in [0, 0.05) is 26.1 Å². The minimum atomic E-state index is -3.42. The average molecular weight is 281 g/mol. The second-order valence-electron chi connectivity index (χ2n) is 5.70. The number of carbonyl (C=O) groups is 1. The smallest absolute Gasteiger partial charge is 0.407 e. The van der Waals surface area contributed by atoms with E-state index >= 15 is 0 Å². The molecule has 0 aliphatic carbocycles. The largest absolute Gasteiger partial charge is 0.444 e. The summed E-state index contributed by atoms with van der Waals surface area (Å²) in [6.45, 7) is 4.11. The summed E-state index contributed by atoms with van der Waals surface area (Å²) >= 11 is 0. The highest BCUT2D eigenvalue weighted by Gasteiger charge is 2.53. The van der Waals surface area contributed by atoms with E-state index in [0.29, 0.717) is 0 Å². The Bertz CT molecular complexity index is 322. The maximum atomic E-state index is 13.9. The molecule has 0 aromatic carbocycles. The van der Waals surface area contributed by atoms with E-state index in [1.807, 2.05) is 5.32 Å². The van der Waals surface area contributed by atoms with Crippen LogP contribution in [0.2, 0.25) is 0 Å². The van der Waals surface area contributed by atoms with E-state index in [0.717, 1.165) is 0 Å². The first-order valence-electron chi connectivity index (χ1n) is 6.21. The molecule has 0 unspecified atom stereocenters. The van der Waals surface area contributed by atoms with Crippen molar-refractivity contribution in [3.63, 3.8) is 0 Å². The minimum Gasteiger partial charge on any atom is -0.444 e. The first-order valence-corrected chi connectivity index (χ1v) is 6.21. The van der Waals surface area contributed by atoms with Gasteiger partial charge in [0.15, 0.2) is 0 Å². The van der Waals surface area contributed by atoms with Gasteiger partial charge in [0.2, 0.25) is 0 Å². The maximum absolute atomic E-state index is 13.9. The highest BCUT2D eigenvalue weighted by atomic mass is 19.3. The Labute approximate surface area is 111 Å². The van der Waals surface area contributed by atoms with Crippen LogP contribution in [0, 0.1) is 0 Å². The summed E-state index contributed by atoms with van der Waals surface area (Å²) in [6.07, 6.45) is -1.24. The summed E-state index contributed by atoms with van der Waals surface area (Å²) in [5.74, 6) is -3.42. The zero-order valence-corrected chi connectivity index (χ0v) is 11.5. The monoisotopic (exact) mass is 281 g/mol. The van der Waals surface area contributed by atoms with Gasteiger partial charge < -0.3 is 19.9 Å². The Morgan fingerprint density at radius 3 is 2.37 bits per heavy atom. The predicted molar refractivity (Wildman–Crippen MR) is 64.2 cm³/mol. The fourth-order valence-corrected chi connectivity index (χ4v) is 1.74. The van der Waals surface area contributed by atoms with Crippen LogP contribution in [0.4, 0.5) is 13.6 Å². The van der Waals surface area contributed by atoms with Crippen LogP contribution in [0.3, 0.4) is 0 Å². The normalized spacial score (nSPS) is 19.9. The number of aliphatic hydroxyl groups is 1. The second-order valence-corrected chi connectivity index (χ2v) is 5.70. The minimum absolute atomic E-state index is 0.0819. The number of alkyl halides is 2. The van der Waals surface area contributed by atoms with E-state index < -0.39 is 29.8 Å². The number of amides is 1. The number of hydrogen-bond acceptors (Lipinski definition) is 4. The zero-order valence-electron chi connectivity index (χ0n) is 11.5. The van der Waals surface area contributed by atoms with Crippen LogP contribution < -0.4 is 5.32 Å². The van der Waals surface area contributed by atoms with Crippen molar-refractivity contribution in [2.75, 3.05) is 19.8 Å². The van der Waals surface area contributed by atoms with Gasteiger partial charge in [0.1, 0.15) is 11.2 Å². The van der Waals surface area contributed by atoms with Gasteiger partial charge in [-0.05, 0) is 20.8 Å². The molecule has 1 saturated heterocycles. The van der Waals surface area contributed by atoms with Gasteiger partial charge in [-0.3, -0.25) is 0 Å². The van der Waals surface area contributed by atoms with Gasteiger partial charge in [0.05, 0.1) is 6.54 Å². The van der Waals surface area contributed by atoms with Crippen LogP contribution in [0.5, 0.6) is 0 Å². The molecular weight excluding hydrogens is 260 g/mol. The summed E-state index contributed by atoms with van der Waals surface area (Å²) < 4.78 is 37.6. The van der Waals surface area contributed by atoms with Crippen LogP contribution in [0.15, 0.2) is 0 Å². The van der Waals surface area contributed by atoms with Gasteiger partial charge in [0.25, 0.3) is 5.92 Å². The molecule has 0 saturated carbocycles. The van der Waals surface area contributed by atoms with E-state index in [-0.39, 0.29) is 26.1 Å². The fourth-order valence-electron chi connectivity index (χ4n) is 1.74. The number of alkyl carbamates (subject to hydrolysis) is 1. The molecule has 1 amide bonds. The SMILES string of the molecule is CC(C)(C)OC(=O)NCC(F)(F)C1(O)CCOCC1. The predicted octanol–water partition coefficient (Wildman–Crippen LogP) is 1.69. The van der Waals surface area contributed by atoms with Crippen LogP contribution in [0.25, 0.3) is 0 Å². The van der Waals surface area contributed by atoms with Gasteiger partial charge in [-0.1, -0.05) is 0 Å². The number of rotatable bonds is 3. The molecular formula is C12H21F2NO4. The maximum Gasteiger partial charge on any atom is 0.407 e. The molecule has 5 nitrogen and oxygen atoms in total. The summed E-state index contributed by atoms with van der Waals surface area (Å²) in [6, 6.07) is 0. The van der Waals surface area contributed by atoms with E-state index in [2.05, 4.69) is 0 Å². The standard InChI is InChI=1S/C12H21F2NO4/c1-10(2,3)19-9(16)15-8-12(13,14)11(17)4-6-18-7-5-11/h17H,4-8H2,1-3H3,(H,15,16). The quantitative estimate of drug-likeness (QED) is 0.826. The lowest BCUT2D eigenvalue weighted by atomic mass is 9.87. The summed E-state index contributed by atoms with van der Waals surface area (Å²) in [4.78, 5) is 11.3. The van der Waals surface area contributed by atoms with Crippen molar-refractivity contribution in [3.8, 4) is 0 Å². The van der Waals surface area contributed by atoms with Gasteiger partial charge in [-0.15, -0.1) is 0 Å². The summed E-state index contributed by atoms with van der Waals surface area (Å²) in [5.41, 5.74) is -2.89. The Morgan fingerprint density at radius 2 is 1.89 bits per heavy atom. The Balaban J connectivity index is 2.52. The van der Waals surface area contributed by atoms with E-state index in [4.69, 9.17) is 9.47 Å². The molecule has 0 radical (unpaired) electrons.